The van der Waals surface area contributed by atoms with Crippen molar-refractivity contribution in [2.24, 2.45) is 0 Å². The van der Waals surface area contributed by atoms with E-state index in [2.05, 4.69) is 10.3 Å². The van der Waals surface area contributed by atoms with Gasteiger partial charge in [-0.05, 0) is 23.6 Å². The highest BCUT2D eigenvalue weighted by Crippen LogP contribution is 2.24. The summed E-state index contributed by atoms with van der Waals surface area (Å²) in [6, 6.07) is 7.11. The molecular formula is C15H18N2O3. The molecule has 2 rings (SSSR count). The molecule has 5 heteroatoms. The van der Waals surface area contributed by atoms with Crippen LogP contribution in [-0.2, 0) is 9.53 Å². The predicted molar refractivity (Wildman–Crippen MR) is 79.2 cm³/mol. The highest BCUT2D eigenvalue weighted by atomic mass is 16.5. The van der Waals surface area contributed by atoms with Crippen molar-refractivity contribution in [2.45, 2.75) is 19.8 Å². The first-order valence-electron chi connectivity index (χ1n) is 6.47. The number of pyridine rings is 1. The van der Waals surface area contributed by atoms with Crippen LogP contribution in [0.3, 0.4) is 0 Å². The molecule has 1 heterocycles. The Morgan fingerprint density at radius 3 is 2.75 bits per heavy atom. The summed E-state index contributed by atoms with van der Waals surface area (Å²) in [4.78, 5) is 26.0. The number of nitrogens with one attached hydrogen (secondary N) is 2. The number of aromatic amines is 1. The van der Waals surface area contributed by atoms with Crippen LogP contribution < -0.4 is 10.9 Å². The van der Waals surface area contributed by atoms with Crippen LogP contribution in [0.1, 0.15) is 25.3 Å². The number of ether oxygens (including phenoxy) is 1. The molecule has 0 fully saturated rings. The van der Waals surface area contributed by atoms with Crippen LogP contribution in [0.15, 0.2) is 29.1 Å². The highest BCUT2D eigenvalue weighted by molar-refractivity contribution is 5.94. The first kappa shape index (κ1) is 14.3. The van der Waals surface area contributed by atoms with Gasteiger partial charge >= 0.3 is 0 Å². The molecule has 2 N–H and O–H groups in total. The van der Waals surface area contributed by atoms with Crippen LogP contribution in [0.2, 0.25) is 0 Å². The molecule has 1 aromatic carbocycles. The third-order valence-electron chi connectivity index (χ3n) is 3.06. The molecule has 0 aliphatic rings. The fourth-order valence-corrected chi connectivity index (χ4v) is 2.17. The Labute approximate surface area is 117 Å². The summed E-state index contributed by atoms with van der Waals surface area (Å²) in [7, 11) is 1.46. The Morgan fingerprint density at radius 1 is 1.35 bits per heavy atom. The molecule has 106 valence electrons. The number of amides is 1. The number of carbonyl (C=O) groups is 1. The second-order valence-corrected chi connectivity index (χ2v) is 4.99. The molecule has 0 aliphatic carbocycles. The van der Waals surface area contributed by atoms with Crippen LogP contribution in [0.5, 0.6) is 0 Å². The minimum Gasteiger partial charge on any atom is -0.375 e. The molecular weight excluding hydrogens is 256 g/mol. The van der Waals surface area contributed by atoms with Gasteiger partial charge in [-0.2, -0.15) is 0 Å². The number of aromatic nitrogens is 1. The minimum absolute atomic E-state index is 0.000586. The van der Waals surface area contributed by atoms with Crippen molar-refractivity contribution in [1.29, 1.82) is 0 Å². The van der Waals surface area contributed by atoms with Crippen molar-refractivity contribution in [1.82, 2.24) is 4.98 Å². The lowest BCUT2D eigenvalue weighted by Crippen LogP contribution is -2.17. The number of rotatable bonds is 4. The van der Waals surface area contributed by atoms with Gasteiger partial charge in [0.1, 0.15) is 6.61 Å². The molecule has 0 atom stereocenters. The van der Waals surface area contributed by atoms with E-state index in [4.69, 9.17) is 4.74 Å². The Kier molecular flexibility index (Phi) is 4.20. The highest BCUT2D eigenvalue weighted by Gasteiger charge is 2.08. The quantitative estimate of drug-likeness (QED) is 0.898. The van der Waals surface area contributed by atoms with Crippen molar-refractivity contribution < 1.29 is 9.53 Å². The molecule has 1 amide bonds. The third kappa shape index (κ3) is 3.05. The van der Waals surface area contributed by atoms with Gasteiger partial charge in [0.15, 0.2) is 0 Å². The first-order chi connectivity index (χ1) is 9.51. The van der Waals surface area contributed by atoms with E-state index in [1.807, 2.05) is 26.0 Å². The molecule has 20 heavy (non-hydrogen) atoms. The molecule has 0 radical (unpaired) electrons. The van der Waals surface area contributed by atoms with E-state index in [1.165, 1.54) is 7.11 Å². The standard InChI is InChI=1S/C15H18N2O3/c1-9(2)12-7-14(18)17-13-6-10(4-5-11(12)13)16-15(19)8-20-3/h4-7,9H,8H2,1-3H3,(H,16,19)(H,17,18). The van der Waals surface area contributed by atoms with Crippen molar-refractivity contribution in [3.05, 3.63) is 40.2 Å². The second-order valence-electron chi connectivity index (χ2n) is 4.99. The second kappa shape index (κ2) is 5.88. The maximum atomic E-state index is 11.7. The van der Waals surface area contributed by atoms with E-state index < -0.39 is 0 Å². The van der Waals surface area contributed by atoms with Crippen molar-refractivity contribution in [2.75, 3.05) is 19.0 Å². The number of anilines is 1. The van der Waals surface area contributed by atoms with Gasteiger partial charge in [0, 0.05) is 24.2 Å². The van der Waals surface area contributed by atoms with Gasteiger partial charge in [-0.3, -0.25) is 9.59 Å². The van der Waals surface area contributed by atoms with Gasteiger partial charge in [-0.1, -0.05) is 19.9 Å². The van der Waals surface area contributed by atoms with Crippen LogP contribution >= 0.6 is 0 Å². The lowest BCUT2D eigenvalue weighted by Gasteiger charge is -2.11. The van der Waals surface area contributed by atoms with Gasteiger partial charge in [0.05, 0.1) is 5.52 Å². The fourth-order valence-electron chi connectivity index (χ4n) is 2.17. The monoisotopic (exact) mass is 274 g/mol. The van der Waals surface area contributed by atoms with Crippen LogP contribution in [0, 0.1) is 0 Å². The van der Waals surface area contributed by atoms with Gasteiger partial charge in [0.25, 0.3) is 0 Å². The normalized spacial score (nSPS) is 11.0. The Bertz CT molecular complexity index is 689. The summed E-state index contributed by atoms with van der Waals surface area (Å²) in [5.74, 6) is 0.0305. The summed E-state index contributed by atoms with van der Waals surface area (Å²) in [6.07, 6.45) is 0. The van der Waals surface area contributed by atoms with Crippen molar-refractivity contribution >= 4 is 22.5 Å². The number of benzene rings is 1. The van der Waals surface area contributed by atoms with Gasteiger partial charge in [0.2, 0.25) is 11.5 Å². The SMILES string of the molecule is COCC(=O)Nc1ccc2c(C(C)C)cc(=O)[nH]c2c1. The van der Waals surface area contributed by atoms with E-state index in [0.717, 1.165) is 16.5 Å². The van der Waals surface area contributed by atoms with Crippen LogP contribution in [0.25, 0.3) is 10.9 Å². The molecule has 0 aliphatic heterocycles. The zero-order valence-electron chi connectivity index (χ0n) is 11.8. The first-order valence-corrected chi connectivity index (χ1v) is 6.47. The summed E-state index contributed by atoms with van der Waals surface area (Å²) in [5, 5.41) is 3.71. The van der Waals surface area contributed by atoms with Gasteiger partial charge < -0.3 is 15.0 Å². The minimum atomic E-state index is -0.228. The fraction of sp³-hybridized carbons (Fsp3) is 0.333. The van der Waals surface area contributed by atoms with Crippen molar-refractivity contribution in [3.8, 4) is 0 Å². The summed E-state index contributed by atoms with van der Waals surface area (Å²) < 4.78 is 4.76. The molecule has 0 spiro atoms. The Balaban J connectivity index is 2.44. The van der Waals surface area contributed by atoms with Crippen molar-refractivity contribution in [3.63, 3.8) is 0 Å². The van der Waals surface area contributed by atoms with Crippen LogP contribution in [0.4, 0.5) is 5.69 Å². The number of hydrogen-bond donors (Lipinski definition) is 2. The van der Waals surface area contributed by atoms with E-state index in [-0.39, 0.29) is 24.0 Å². The number of H-pyrrole nitrogens is 1. The van der Waals surface area contributed by atoms with E-state index in [9.17, 15) is 9.59 Å². The molecule has 1 aromatic heterocycles. The summed E-state index contributed by atoms with van der Waals surface area (Å²) in [5.41, 5.74) is 2.22. The molecule has 5 nitrogen and oxygen atoms in total. The third-order valence-corrected chi connectivity index (χ3v) is 3.06. The lowest BCUT2D eigenvalue weighted by atomic mass is 9.99. The van der Waals surface area contributed by atoms with Gasteiger partial charge in [-0.15, -0.1) is 0 Å². The van der Waals surface area contributed by atoms with Gasteiger partial charge in [-0.25, -0.2) is 0 Å². The average molecular weight is 274 g/mol. The van der Waals surface area contributed by atoms with Crippen LogP contribution in [-0.4, -0.2) is 24.6 Å². The molecule has 0 saturated carbocycles. The molecule has 0 unspecified atom stereocenters. The van der Waals surface area contributed by atoms with E-state index in [1.54, 1.807) is 12.1 Å². The zero-order valence-corrected chi connectivity index (χ0v) is 11.8. The number of hydrogen-bond acceptors (Lipinski definition) is 3. The summed E-state index contributed by atoms with van der Waals surface area (Å²) in [6.45, 7) is 4.09. The smallest absolute Gasteiger partial charge is 0.250 e. The number of carbonyl (C=O) groups excluding carboxylic acids is 1. The largest absolute Gasteiger partial charge is 0.375 e. The summed E-state index contributed by atoms with van der Waals surface area (Å²) >= 11 is 0. The Morgan fingerprint density at radius 2 is 2.10 bits per heavy atom. The van der Waals surface area contributed by atoms with E-state index in [0.29, 0.717) is 5.69 Å². The molecule has 0 saturated heterocycles. The maximum Gasteiger partial charge on any atom is 0.250 e. The zero-order chi connectivity index (χ0) is 14.7. The number of fused-ring (bicyclic) bond motifs is 1. The topological polar surface area (TPSA) is 71.2 Å². The van der Waals surface area contributed by atoms with E-state index >= 15 is 0 Å². The average Bonchev–Trinajstić information content (AvgIpc) is 2.37. The maximum absolute atomic E-state index is 11.7. The molecule has 2 aromatic rings. The Hall–Kier alpha value is -2.14. The predicted octanol–water partition coefficient (Wildman–Crippen LogP) is 2.24. The number of methoxy groups -OCH3 is 1. The molecule has 0 bridgehead atoms. The lowest BCUT2D eigenvalue weighted by molar-refractivity contribution is -0.119.